The number of carbonyl (C=O) groups excluding carboxylic acids is 2. The number of aromatic nitrogens is 2. The first-order chi connectivity index (χ1) is 29.3. The summed E-state index contributed by atoms with van der Waals surface area (Å²) in [6, 6.07) is 6.08. The Balaban J connectivity index is 1.17. The maximum atomic E-state index is 18.0. The largest absolute Gasteiger partial charge is 0.461 e. The van der Waals surface area contributed by atoms with Crippen LogP contribution >= 0.6 is 11.3 Å². The van der Waals surface area contributed by atoms with Crippen molar-refractivity contribution in [2.45, 2.75) is 114 Å². The minimum absolute atomic E-state index is 0.00779. The molecule has 1 aliphatic carbocycles. The zero-order valence-electron chi connectivity index (χ0n) is 35.2. The number of ether oxygens (including phenoxy) is 3. The lowest BCUT2D eigenvalue weighted by molar-refractivity contribution is 0.0118. The van der Waals surface area contributed by atoms with Crippen molar-refractivity contribution in [1.82, 2.24) is 19.8 Å². The summed E-state index contributed by atoms with van der Waals surface area (Å²) in [6.45, 7) is 16.4. The van der Waals surface area contributed by atoms with Gasteiger partial charge in [0, 0.05) is 41.9 Å². The highest BCUT2D eigenvalue weighted by Gasteiger charge is 2.80. The van der Waals surface area contributed by atoms with Gasteiger partial charge in [0.1, 0.15) is 58.3 Å². The van der Waals surface area contributed by atoms with Crippen LogP contribution in [0.3, 0.4) is 0 Å². The van der Waals surface area contributed by atoms with Crippen molar-refractivity contribution < 1.29 is 37.0 Å². The fourth-order valence-corrected chi connectivity index (χ4v) is 12.4. The molecule has 1 N–H and O–H groups in total. The van der Waals surface area contributed by atoms with Crippen LogP contribution in [0.25, 0.3) is 37.7 Å². The molecular weight excluding hydrogens is 822 g/mol. The van der Waals surface area contributed by atoms with Crippen molar-refractivity contribution in [1.29, 1.82) is 10.5 Å². The molecule has 17 heteroatoms. The molecule has 6 aliphatic heterocycles. The second-order valence-electron chi connectivity index (χ2n) is 19.5. The van der Waals surface area contributed by atoms with E-state index in [1.165, 1.54) is 6.07 Å². The van der Waals surface area contributed by atoms with Gasteiger partial charge in [0.15, 0.2) is 5.82 Å². The van der Waals surface area contributed by atoms with E-state index in [1.807, 2.05) is 25.7 Å². The lowest BCUT2D eigenvalue weighted by Crippen LogP contribution is -2.61. The predicted octanol–water partition coefficient (Wildman–Crippen LogP) is 8.82. The Morgan fingerprint density at radius 1 is 1.03 bits per heavy atom. The summed E-state index contributed by atoms with van der Waals surface area (Å²) < 4.78 is 66.3. The van der Waals surface area contributed by atoms with Gasteiger partial charge in [-0.25, -0.2) is 22.8 Å². The number of benzene rings is 2. The van der Waals surface area contributed by atoms with E-state index in [1.54, 1.807) is 20.8 Å². The molecule has 0 radical (unpaired) electrons. The third-order valence-electron chi connectivity index (χ3n) is 13.4. The number of anilines is 2. The molecule has 6 fully saturated rings. The number of carbonyl (C=O) groups is 2. The van der Waals surface area contributed by atoms with Gasteiger partial charge in [0.05, 0.1) is 44.4 Å². The smallest absolute Gasteiger partial charge is 0.412 e. The topological polar surface area (TPSA) is 157 Å². The number of nitriles is 2. The Hall–Kier alpha value is -5.65. The third-order valence-corrected chi connectivity index (χ3v) is 14.5. The van der Waals surface area contributed by atoms with Crippen LogP contribution in [-0.2, 0) is 9.47 Å². The Labute approximate surface area is 360 Å². The van der Waals surface area contributed by atoms with Crippen molar-refractivity contribution in [3.63, 3.8) is 0 Å². The molecular formula is C45H45F3N8O5S. The highest BCUT2D eigenvalue weighted by Crippen LogP contribution is 2.69. The van der Waals surface area contributed by atoms with E-state index in [2.05, 4.69) is 33.8 Å². The highest BCUT2D eigenvalue weighted by molar-refractivity contribution is 7.23. The van der Waals surface area contributed by atoms with Crippen LogP contribution in [0.2, 0.25) is 0 Å². The molecule has 4 aromatic rings. The number of piperidine rings is 2. The van der Waals surface area contributed by atoms with Crippen molar-refractivity contribution >= 4 is 60.9 Å². The van der Waals surface area contributed by atoms with Gasteiger partial charge in [0.25, 0.3) is 0 Å². The minimum atomic E-state index is -1.01. The first-order valence-corrected chi connectivity index (χ1v) is 21.7. The molecule has 7 aliphatic rings. The summed E-state index contributed by atoms with van der Waals surface area (Å²) in [6.07, 6.45) is 0.571. The number of thiophene rings is 1. The maximum Gasteiger partial charge on any atom is 0.412 e. The van der Waals surface area contributed by atoms with Crippen LogP contribution in [0.1, 0.15) is 90.3 Å². The van der Waals surface area contributed by atoms with Gasteiger partial charge in [0.2, 0.25) is 0 Å². The predicted molar refractivity (Wildman–Crippen MR) is 226 cm³/mol. The van der Waals surface area contributed by atoms with Gasteiger partial charge < -0.3 is 19.1 Å². The zero-order chi connectivity index (χ0) is 44.0. The Morgan fingerprint density at radius 2 is 1.77 bits per heavy atom. The summed E-state index contributed by atoms with van der Waals surface area (Å²) in [4.78, 5) is 42.4. The number of hydrogen-bond acceptors (Lipinski definition) is 12. The zero-order valence-corrected chi connectivity index (χ0v) is 36.1. The summed E-state index contributed by atoms with van der Waals surface area (Å²) in [5, 5.41) is 24.4. The van der Waals surface area contributed by atoms with E-state index < -0.39 is 52.3 Å². The lowest BCUT2D eigenvalue weighted by Gasteiger charge is -2.47. The van der Waals surface area contributed by atoms with Gasteiger partial charge in [-0.1, -0.05) is 12.6 Å². The molecule has 62 heavy (non-hydrogen) atoms. The van der Waals surface area contributed by atoms with Gasteiger partial charge in [-0.15, -0.1) is 11.3 Å². The standard InChI is InChI=1S/C45H45F3N8O5S/c1-21-14-45-27-13-23(56(36(27)45)41(58)61-43(5,6)7)19-55(45)37-32-29(21)25(16-49)30(33(48)34(32)51-39(52-37)59-20-44-11-8-12-54(44)18-22(46)15-44)24-9-10-28(47)35-31(24)26(17-50)38(62-35)53-40(57)60-42(2,3)4/h9-10,22-23,27,36H,1,8,11-15,18-20H2,2-7H3,(H,53,57)/t22-,23-,27?,36+,44+,45-/m1/s1. The van der Waals surface area contributed by atoms with Gasteiger partial charge in [-0.05, 0) is 91.0 Å². The average Bonchev–Trinajstić information content (AvgIpc) is 3.57. The summed E-state index contributed by atoms with van der Waals surface area (Å²) in [5.41, 5.74) is -2.77. The fourth-order valence-electron chi connectivity index (χ4n) is 11.3. The second-order valence-corrected chi connectivity index (χ2v) is 20.5. The van der Waals surface area contributed by atoms with Crippen LogP contribution in [0, 0.1) is 40.2 Å². The van der Waals surface area contributed by atoms with E-state index >= 15 is 8.78 Å². The first-order valence-electron chi connectivity index (χ1n) is 20.9. The minimum Gasteiger partial charge on any atom is -0.461 e. The second kappa shape index (κ2) is 13.4. The van der Waals surface area contributed by atoms with Crippen LogP contribution in [0.15, 0.2) is 18.7 Å². The Kier molecular flexibility index (Phi) is 8.75. The van der Waals surface area contributed by atoms with Gasteiger partial charge in [-0.2, -0.15) is 20.5 Å². The number of fused-ring (bicyclic) bond motifs is 2. The molecule has 2 aromatic heterocycles. The third kappa shape index (κ3) is 5.87. The number of halogens is 3. The Morgan fingerprint density at radius 3 is 2.48 bits per heavy atom. The van der Waals surface area contributed by atoms with E-state index in [9.17, 15) is 24.5 Å². The van der Waals surface area contributed by atoms with Crippen LogP contribution in [0.4, 0.5) is 33.6 Å². The normalized spacial score (nSPS) is 27.1. The highest BCUT2D eigenvalue weighted by atomic mass is 32.1. The molecule has 322 valence electrons. The molecule has 2 amide bonds. The van der Waals surface area contributed by atoms with Crippen LogP contribution in [-0.4, -0.2) is 98.7 Å². The molecule has 2 aromatic carbocycles. The van der Waals surface area contributed by atoms with Crippen LogP contribution in [0.5, 0.6) is 6.01 Å². The number of alkyl halides is 1. The number of amides is 2. The van der Waals surface area contributed by atoms with E-state index in [4.69, 9.17) is 24.2 Å². The number of rotatable bonds is 5. The molecule has 4 bridgehead atoms. The molecule has 13 nitrogen and oxygen atoms in total. The van der Waals surface area contributed by atoms with Crippen molar-refractivity contribution in [3.05, 3.63) is 47.0 Å². The monoisotopic (exact) mass is 866 g/mol. The molecule has 5 saturated heterocycles. The quantitative estimate of drug-likeness (QED) is 0.205. The van der Waals surface area contributed by atoms with Gasteiger partial charge in [-0.3, -0.25) is 15.1 Å². The first kappa shape index (κ1) is 40.4. The maximum absolute atomic E-state index is 18.0. The molecule has 1 unspecified atom stereocenters. The lowest BCUT2D eigenvalue weighted by atomic mass is 9.85. The fraction of sp³-hybridized carbons (Fsp3) is 0.511. The molecule has 11 rings (SSSR count). The molecule has 1 saturated carbocycles. The summed E-state index contributed by atoms with van der Waals surface area (Å²) in [7, 11) is 0. The van der Waals surface area contributed by atoms with Gasteiger partial charge >= 0.3 is 18.2 Å². The average molecular weight is 867 g/mol. The van der Waals surface area contributed by atoms with Crippen molar-refractivity contribution in [3.8, 4) is 29.3 Å². The number of nitrogens with zero attached hydrogens (tertiary/aromatic N) is 7. The summed E-state index contributed by atoms with van der Waals surface area (Å²) in [5.74, 6) is -1.33. The SMILES string of the molecule is C=C1C[C@]23C4C[C@H](CN2c2nc(OC[C@@]56CCCN5C[C@H](F)C6)nc5c(F)c(-c6ccc(F)c7sc(NC(=O)OC(C)(C)C)c(C#N)c67)c(C#N)c1c25)N(C(=O)OC(C)(C)C)[C@@H]43. The molecule has 1 spiro atoms. The number of nitrogens with one attached hydrogen (secondary N) is 1. The van der Waals surface area contributed by atoms with Crippen LogP contribution < -0.4 is 15.0 Å². The molecule has 8 heterocycles. The number of hydrogen-bond donors (Lipinski definition) is 1. The summed E-state index contributed by atoms with van der Waals surface area (Å²) >= 11 is 0.788. The Bertz CT molecular complexity index is 2770. The number of piperazine rings is 1. The van der Waals surface area contributed by atoms with Crippen molar-refractivity contribution in [2.75, 3.05) is 36.5 Å². The van der Waals surface area contributed by atoms with E-state index in [0.717, 1.165) is 36.8 Å². The van der Waals surface area contributed by atoms with E-state index in [-0.39, 0.29) is 91.7 Å². The van der Waals surface area contributed by atoms with E-state index in [0.29, 0.717) is 36.5 Å². The van der Waals surface area contributed by atoms with Crippen molar-refractivity contribution in [2.24, 2.45) is 5.92 Å². The molecule has 6 atom stereocenters.